The van der Waals surface area contributed by atoms with Gasteiger partial charge < -0.3 is 5.32 Å². The van der Waals surface area contributed by atoms with Crippen molar-refractivity contribution in [1.82, 2.24) is 10.3 Å². The Kier molecular flexibility index (Phi) is 6.86. The fourth-order valence-corrected chi connectivity index (χ4v) is 4.22. The lowest BCUT2D eigenvalue weighted by Gasteiger charge is -2.16. The predicted octanol–water partition coefficient (Wildman–Crippen LogP) is 6.56. The van der Waals surface area contributed by atoms with Gasteiger partial charge in [-0.25, -0.2) is 4.98 Å². The molecule has 0 aliphatic carbocycles. The number of pyridine rings is 1. The third kappa shape index (κ3) is 4.88. The SMILES string of the molecule is CCCC[C@H](CC)CNC(=O)c1cc(-c2ccc(Cl)s2)nc2ccccc12. The van der Waals surface area contributed by atoms with E-state index in [-0.39, 0.29) is 5.91 Å². The average molecular weight is 401 g/mol. The maximum atomic E-state index is 13.0. The van der Waals surface area contributed by atoms with E-state index in [9.17, 15) is 4.79 Å². The summed E-state index contributed by atoms with van der Waals surface area (Å²) in [5, 5.41) is 4.02. The molecule has 0 spiro atoms. The van der Waals surface area contributed by atoms with Crippen molar-refractivity contribution in [2.24, 2.45) is 5.92 Å². The number of para-hydroxylation sites is 1. The second-order valence-corrected chi connectivity index (χ2v) is 8.52. The van der Waals surface area contributed by atoms with Gasteiger partial charge in [-0.05, 0) is 36.6 Å². The first-order chi connectivity index (χ1) is 13.1. The molecule has 0 saturated carbocycles. The quantitative estimate of drug-likeness (QED) is 0.465. The summed E-state index contributed by atoms with van der Waals surface area (Å²) in [5.41, 5.74) is 2.28. The lowest BCUT2D eigenvalue weighted by Crippen LogP contribution is -2.29. The minimum Gasteiger partial charge on any atom is -0.352 e. The first-order valence-corrected chi connectivity index (χ1v) is 10.8. The largest absolute Gasteiger partial charge is 0.352 e. The van der Waals surface area contributed by atoms with Crippen LogP contribution in [0, 0.1) is 5.92 Å². The average Bonchev–Trinajstić information content (AvgIpc) is 3.13. The maximum Gasteiger partial charge on any atom is 0.252 e. The number of hydrogen-bond donors (Lipinski definition) is 1. The fourth-order valence-electron chi connectivity index (χ4n) is 3.22. The first-order valence-electron chi connectivity index (χ1n) is 9.56. The number of thiophene rings is 1. The number of carbonyl (C=O) groups is 1. The van der Waals surface area contributed by atoms with Crippen LogP contribution in [0.15, 0.2) is 42.5 Å². The molecule has 1 amide bonds. The Morgan fingerprint density at radius 3 is 2.74 bits per heavy atom. The van der Waals surface area contributed by atoms with Gasteiger partial charge in [-0.3, -0.25) is 4.79 Å². The summed E-state index contributed by atoms with van der Waals surface area (Å²) >= 11 is 7.56. The predicted molar refractivity (Wildman–Crippen MR) is 116 cm³/mol. The first kappa shape index (κ1) is 19.8. The molecular weight excluding hydrogens is 376 g/mol. The molecule has 3 nitrogen and oxygen atoms in total. The Morgan fingerprint density at radius 1 is 1.22 bits per heavy atom. The summed E-state index contributed by atoms with van der Waals surface area (Å²) in [4.78, 5) is 18.7. The second kappa shape index (κ2) is 9.34. The molecule has 0 fully saturated rings. The van der Waals surface area contributed by atoms with Gasteiger partial charge in [-0.1, -0.05) is 62.9 Å². The van der Waals surface area contributed by atoms with Gasteiger partial charge in [0, 0.05) is 11.9 Å². The third-order valence-corrected chi connectivity index (χ3v) is 6.13. The van der Waals surface area contributed by atoms with Crippen molar-refractivity contribution >= 4 is 39.7 Å². The zero-order chi connectivity index (χ0) is 19.2. The Labute approximate surface area is 169 Å². The van der Waals surface area contributed by atoms with Crippen LogP contribution in [-0.2, 0) is 0 Å². The van der Waals surface area contributed by atoms with Gasteiger partial charge in [-0.15, -0.1) is 11.3 Å². The van der Waals surface area contributed by atoms with Crippen molar-refractivity contribution in [2.75, 3.05) is 6.54 Å². The fraction of sp³-hybridized carbons (Fsp3) is 0.364. The Bertz CT molecular complexity index is 922. The minimum absolute atomic E-state index is 0.0348. The molecular formula is C22H25ClN2OS. The van der Waals surface area contributed by atoms with E-state index in [0.717, 1.165) is 34.3 Å². The molecule has 1 aromatic carbocycles. The number of benzene rings is 1. The van der Waals surface area contributed by atoms with E-state index in [1.54, 1.807) is 0 Å². The highest BCUT2D eigenvalue weighted by atomic mass is 35.5. The topological polar surface area (TPSA) is 42.0 Å². The number of rotatable bonds is 8. The summed E-state index contributed by atoms with van der Waals surface area (Å²) in [6.45, 7) is 5.10. The van der Waals surface area contributed by atoms with Crippen LogP contribution in [0.3, 0.4) is 0 Å². The van der Waals surface area contributed by atoms with Gasteiger partial charge >= 0.3 is 0 Å². The molecule has 0 aliphatic heterocycles. The second-order valence-electron chi connectivity index (χ2n) is 6.80. The molecule has 1 N–H and O–H groups in total. The molecule has 27 heavy (non-hydrogen) atoms. The molecule has 5 heteroatoms. The molecule has 0 saturated heterocycles. The molecule has 2 heterocycles. The summed E-state index contributed by atoms with van der Waals surface area (Å²) < 4.78 is 0.715. The third-order valence-electron chi connectivity index (χ3n) is 4.88. The highest BCUT2D eigenvalue weighted by Gasteiger charge is 2.16. The van der Waals surface area contributed by atoms with E-state index in [0.29, 0.717) is 22.4 Å². The minimum atomic E-state index is -0.0348. The van der Waals surface area contributed by atoms with Crippen molar-refractivity contribution in [1.29, 1.82) is 0 Å². The highest BCUT2D eigenvalue weighted by molar-refractivity contribution is 7.19. The summed E-state index contributed by atoms with van der Waals surface area (Å²) in [6, 6.07) is 13.5. The van der Waals surface area contributed by atoms with Crippen molar-refractivity contribution in [2.45, 2.75) is 39.5 Å². The zero-order valence-electron chi connectivity index (χ0n) is 15.8. The monoisotopic (exact) mass is 400 g/mol. The van der Waals surface area contributed by atoms with Gasteiger partial charge in [-0.2, -0.15) is 0 Å². The molecule has 142 valence electrons. The Hall–Kier alpha value is -1.91. The van der Waals surface area contributed by atoms with E-state index >= 15 is 0 Å². The van der Waals surface area contributed by atoms with Gasteiger partial charge in [0.25, 0.3) is 5.91 Å². The zero-order valence-corrected chi connectivity index (χ0v) is 17.4. The molecule has 3 rings (SSSR count). The van der Waals surface area contributed by atoms with E-state index in [4.69, 9.17) is 16.6 Å². The standard InChI is InChI=1S/C22H25ClN2OS/c1-3-5-8-15(4-2)14-24-22(26)17-13-19(20-11-12-21(23)27-20)25-18-10-7-6-9-16(17)18/h6-7,9-13,15H,3-5,8,14H2,1-2H3,(H,24,26)/t15-/m0/s1. The van der Waals surface area contributed by atoms with Crippen LogP contribution in [0.25, 0.3) is 21.5 Å². The van der Waals surface area contributed by atoms with Crippen LogP contribution in [0.5, 0.6) is 0 Å². The Morgan fingerprint density at radius 2 is 2.04 bits per heavy atom. The van der Waals surface area contributed by atoms with Crippen LogP contribution in [0.1, 0.15) is 49.9 Å². The maximum absolute atomic E-state index is 13.0. The molecule has 0 unspecified atom stereocenters. The van der Waals surface area contributed by atoms with Gasteiger partial charge in [0.1, 0.15) is 0 Å². The van der Waals surface area contributed by atoms with Crippen LogP contribution >= 0.6 is 22.9 Å². The number of hydrogen-bond acceptors (Lipinski definition) is 3. The van der Waals surface area contributed by atoms with Crippen molar-refractivity contribution in [3.05, 3.63) is 52.4 Å². The lowest BCUT2D eigenvalue weighted by molar-refractivity contribution is 0.0947. The molecule has 0 aliphatic rings. The Balaban J connectivity index is 1.89. The van der Waals surface area contributed by atoms with E-state index in [1.807, 2.05) is 42.5 Å². The number of carbonyl (C=O) groups excluding carboxylic acids is 1. The normalized spacial score (nSPS) is 12.3. The smallest absolute Gasteiger partial charge is 0.252 e. The van der Waals surface area contributed by atoms with E-state index < -0.39 is 0 Å². The van der Waals surface area contributed by atoms with E-state index in [1.165, 1.54) is 24.2 Å². The number of nitrogens with one attached hydrogen (secondary N) is 1. The highest BCUT2D eigenvalue weighted by Crippen LogP contribution is 2.32. The van der Waals surface area contributed by atoms with E-state index in [2.05, 4.69) is 19.2 Å². The summed E-state index contributed by atoms with van der Waals surface area (Å²) in [5.74, 6) is 0.491. The van der Waals surface area contributed by atoms with Gasteiger partial charge in [0.05, 0.1) is 26.0 Å². The number of nitrogens with zero attached hydrogens (tertiary/aromatic N) is 1. The van der Waals surface area contributed by atoms with Crippen LogP contribution < -0.4 is 5.32 Å². The number of aromatic nitrogens is 1. The molecule has 3 aromatic rings. The van der Waals surface area contributed by atoms with Gasteiger partial charge in [0.2, 0.25) is 0 Å². The summed E-state index contributed by atoms with van der Waals surface area (Å²) in [7, 11) is 0. The number of halogens is 1. The number of amides is 1. The lowest BCUT2D eigenvalue weighted by atomic mass is 9.99. The van der Waals surface area contributed by atoms with Crippen LogP contribution in [0.2, 0.25) is 4.34 Å². The van der Waals surface area contributed by atoms with Crippen molar-refractivity contribution in [3.8, 4) is 10.6 Å². The molecule has 0 radical (unpaired) electrons. The summed E-state index contributed by atoms with van der Waals surface area (Å²) in [6.07, 6.45) is 4.63. The molecule has 2 aromatic heterocycles. The van der Waals surface area contributed by atoms with Crippen LogP contribution in [0.4, 0.5) is 0 Å². The number of unbranched alkanes of at least 4 members (excludes halogenated alkanes) is 1. The number of fused-ring (bicyclic) bond motifs is 1. The molecule has 1 atom stereocenters. The van der Waals surface area contributed by atoms with Crippen molar-refractivity contribution < 1.29 is 4.79 Å². The molecule has 0 bridgehead atoms. The van der Waals surface area contributed by atoms with Crippen molar-refractivity contribution in [3.63, 3.8) is 0 Å². The van der Waals surface area contributed by atoms with Gasteiger partial charge in [0.15, 0.2) is 0 Å². The van der Waals surface area contributed by atoms with Crippen LogP contribution in [-0.4, -0.2) is 17.4 Å².